The molecule has 0 spiro atoms. The van der Waals surface area contributed by atoms with Gasteiger partial charge in [0.25, 0.3) is 0 Å². The molecule has 1 N–H and O–H groups in total. The molecule has 1 aliphatic carbocycles. The number of likely N-dealkylation sites (N-methyl/N-ethyl adjacent to an activating group) is 1. The zero-order chi connectivity index (χ0) is 17.6. The maximum absolute atomic E-state index is 13.7. The molecule has 2 fully saturated rings. The van der Waals surface area contributed by atoms with Crippen LogP contribution in [0, 0.1) is 17.7 Å². The summed E-state index contributed by atoms with van der Waals surface area (Å²) in [6.45, 7) is 3.94. The molecule has 2 heterocycles. The molecule has 0 bridgehead atoms. The molecular formula is C20H24FN3O. The quantitative estimate of drug-likeness (QED) is 0.934. The Balaban J connectivity index is 1.52. The third-order valence-electron chi connectivity index (χ3n) is 6.13. The number of likely N-dealkylation sites (tertiary alicyclic amines) is 1. The van der Waals surface area contributed by atoms with Crippen LogP contribution in [-0.4, -0.2) is 42.0 Å². The number of benzene rings is 1. The molecule has 1 aliphatic heterocycles. The molecule has 1 saturated heterocycles. The molecule has 2 aromatic rings. The highest BCUT2D eigenvalue weighted by molar-refractivity contribution is 5.82. The van der Waals surface area contributed by atoms with Gasteiger partial charge in [-0.1, -0.05) is 0 Å². The van der Waals surface area contributed by atoms with Crippen LogP contribution in [0.25, 0.3) is 10.9 Å². The summed E-state index contributed by atoms with van der Waals surface area (Å²) in [7, 11) is 1.69. The van der Waals surface area contributed by atoms with Gasteiger partial charge in [-0.15, -0.1) is 0 Å². The number of nitrogens with zero attached hydrogens (tertiary/aromatic N) is 2. The van der Waals surface area contributed by atoms with Crippen molar-refractivity contribution in [3.63, 3.8) is 0 Å². The highest BCUT2D eigenvalue weighted by Gasteiger charge is 2.43. The maximum Gasteiger partial charge on any atom is 0.236 e. The van der Waals surface area contributed by atoms with Crippen molar-refractivity contribution in [1.82, 2.24) is 15.2 Å². The van der Waals surface area contributed by atoms with E-state index in [1.165, 1.54) is 11.6 Å². The standard InChI is InChI=1S/C20H24FN3O/c1-12(20(25)22-2)24-10-14-7-13(8-15(14)11-24)17-5-6-23-19-4-3-16(21)9-18(17)19/h3-6,9,12-15H,7-8,10-11H2,1-2H3,(H,22,25)/t12?,13-,14-,15?/m1/s1. The lowest BCUT2D eigenvalue weighted by molar-refractivity contribution is -0.125. The molecule has 5 heteroatoms. The van der Waals surface area contributed by atoms with Crippen LogP contribution in [0.15, 0.2) is 30.5 Å². The summed E-state index contributed by atoms with van der Waals surface area (Å²) in [5.41, 5.74) is 2.09. The largest absolute Gasteiger partial charge is 0.358 e. The predicted octanol–water partition coefficient (Wildman–Crippen LogP) is 2.93. The second-order valence-electron chi connectivity index (χ2n) is 7.49. The number of carbonyl (C=O) groups excluding carboxylic acids is 1. The van der Waals surface area contributed by atoms with Crippen LogP contribution < -0.4 is 5.32 Å². The lowest BCUT2D eigenvalue weighted by atomic mass is 9.93. The number of fused-ring (bicyclic) bond motifs is 2. The summed E-state index contributed by atoms with van der Waals surface area (Å²) in [4.78, 5) is 18.6. The Bertz CT molecular complexity index is 795. The van der Waals surface area contributed by atoms with Crippen LogP contribution in [0.1, 0.15) is 31.2 Å². The van der Waals surface area contributed by atoms with E-state index < -0.39 is 0 Å². The van der Waals surface area contributed by atoms with Crippen molar-refractivity contribution >= 4 is 16.8 Å². The van der Waals surface area contributed by atoms with Gasteiger partial charge in [0.05, 0.1) is 11.6 Å². The first kappa shape index (κ1) is 16.5. The number of hydrogen-bond acceptors (Lipinski definition) is 3. The van der Waals surface area contributed by atoms with Crippen molar-refractivity contribution < 1.29 is 9.18 Å². The molecule has 4 nitrogen and oxygen atoms in total. The number of amides is 1. The average molecular weight is 341 g/mol. The summed E-state index contributed by atoms with van der Waals surface area (Å²) in [5.74, 6) is 1.58. The summed E-state index contributed by atoms with van der Waals surface area (Å²) in [6.07, 6.45) is 4.05. The monoisotopic (exact) mass is 341 g/mol. The van der Waals surface area contributed by atoms with Crippen molar-refractivity contribution in [2.75, 3.05) is 20.1 Å². The minimum atomic E-state index is -0.203. The number of rotatable bonds is 3. The highest BCUT2D eigenvalue weighted by atomic mass is 19.1. The van der Waals surface area contributed by atoms with Gasteiger partial charge in [-0.3, -0.25) is 14.7 Å². The van der Waals surface area contributed by atoms with Crippen molar-refractivity contribution in [2.45, 2.75) is 31.7 Å². The van der Waals surface area contributed by atoms with Crippen LogP contribution in [0.2, 0.25) is 0 Å². The Hall–Kier alpha value is -2.01. The Labute approximate surface area is 147 Å². The number of pyridine rings is 1. The first-order valence-corrected chi connectivity index (χ1v) is 9.06. The minimum Gasteiger partial charge on any atom is -0.358 e. The van der Waals surface area contributed by atoms with E-state index in [4.69, 9.17) is 0 Å². The lowest BCUT2D eigenvalue weighted by Crippen LogP contribution is -2.43. The van der Waals surface area contributed by atoms with Crippen LogP contribution in [0.5, 0.6) is 0 Å². The van der Waals surface area contributed by atoms with E-state index in [1.807, 2.05) is 13.1 Å². The smallest absolute Gasteiger partial charge is 0.236 e. The molecular weight excluding hydrogens is 317 g/mol. The lowest BCUT2D eigenvalue weighted by Gasteiger charge is -2.24. The van der Waals surface area contributed by atoms with Gasteiger partial charge in [-0.25, -0.2) is 4.39 Å². The van der Waals surface area contributed by atoms with Gasteiger partial charge in [0, 0.05) is 31.7 Å². The maximum atomic E-state index is 13.7. The third-order valence-corrected chi connectivity index (χ3v) is 6.13. The number of hydrogen-bond donors (Lipinski definition) is 1. The van der Waals surface area contributed by atoms with Crippen molar-refractivity contribution in [3.8, 4) is 0 Å². The third kappa shape index (κ3) is 2.91. The second kappa shape index (κ2) is 6.37. The Morgan fingerprint density at radius 1 is 1.28 bits per heavy atom. The fourth-order valence-electron chi connectivity index (χ4n) is 4.78. The van der Waals surface area contributed by atoms with Gasteiger partial charge in [0.1, 0.15) is 5.82 Å². The van der Waals surface area contributed by atoms with Gasteiger partial charge in [0.15, 0.2) is 0 Å². The number of halogens is 1. The number of carbonyl (C=O) groups is 1. The zero-order valence-corrected chi connectivity index (χ0v) is 14.7. The molecule has 1 aromatic carbocycles. The van der Waals surface area contributed by atoms with E-state index in [0.29, 0.717) is 17.8 Å². The van der Waals surface area contributed by atoms with Crippen LogP contribution in [0.3, 0.4) is 0 Å². The normalized spacial score (nSPS) is 27.4. The second-order valence-corrected chi connectivity index (χ2v) is 7.49. The van der Waals surface area contributed by atoms with E-state index in [2.05, 4.69) is 21.3 Å². The van der Waals surface area contributed by atoms with E-state index in [9.17, 15) is 9.18 Å². The number of nitrogens with one attached hydrogen (secondary N) is 1. The fraction of sp³-hybridized carbons (Fsp3) is 0.500. The summed E-state index contributed by atoms with van der Waals surface area (Å²) in [5, 5.41) is 3.69. The first-order valence-electron chi connectivity index (χ1n) is 9.06. The molecule has 4 rings (SSSR count). The van der Waals surface area contributed by atoms with Gasteiger partial charge < -0.3 is 5.32 Å². The first-order chi connectivity index (χ1) is 12.1. The van der Waals surface area contributed by atoms with Crippen molar-refractivity contribution in [3.05, 3.63) is 41.8 Å². The summed E-state index contributed by atoms with van der Waals surface area (Å²) < 4.78 is 13.7. The van der Waals surface area contributed by atoms with Crippen LogP contribution >= 0.6 is 0 Å². The van der Waals surface area contributed by atoms with E-state index in [0.717, 1.165) is 36.8 Å². The van der Waals surface area contributed by atoms with Gasteiger partial charge >= 0.3 is 0 Å². The molecule has 4 atom stereocenters. The van der Waals surface area contributed by atoms with E-state index in [-0.39, 0.29) is 17.8 Å². The summed E-state index contributed by atoms with van der Waals surface area (Å²) in [6, 6.07) is 6.84. The Morgan fingerprint density at radius 3 is 2.68 bits per heavy atom. The Kier molecular flexibility index (Phi) is 4.20. The van der Waals surface area contributed by atoms with E-state index >= 15 is 0 Å². The van der Waals surface area contributed by atoms with Crippen molar-refractivity contribution in [1.29, 1.82) is 0 Å². The Morgan fingerprint density at radius 2 is 2.00 bits per heavy atom. The molecule has 132 valence electrons. The molecule has 1 aromatic heterocycles. The molecule has 2 unspecified atom stereocenters. The van der Waals surface area contributed by atoms with Crippen molar-refractivity contribution in [2.24, 2.45) is 11.8 Å². The minimum absolute atomic E-state index is 0.0649. The topological polar surface area (TPSA) is 45.2 Å². The SMILES string of the molecule is CNC(=O)C(C)N1CC2C[C@H](c3ccnc4ccc(F)cc34)C[C@@H]2C1. The molecule has 25 heavy (non-hydrogen) atoms. The predicted molar refractivity (Wildman–Crippen MR) is 95.8 cm³/mol. The van der Waals surface area contributed by atoms with Gasteiger partial charge in [-0.05, 0) is 67.3 Å². The molecule has 1 amide bonds. The highest BCUT2D eigenvalue weighted by Crippen LogP contribution is 2.47. The average Bonchev–Trinajstić information content (AvgIpc) is 3.18. The van der Waals surface area contributed by atoms with Gasteiger partial charge in [0.2, 0.25) is 5.91 Å². The van der Waals surface area contributed by atoms with Crippen LogP contribution in [0.4, 0.5) is 4.39 Å². The molecule has 2 aliphatic rings. The molecule has 1 saturated carbocycles. The molecule has 0 radical (unpaired) electrons. The summed E-state index contributed by atoms with van der Waals surface area (Å²) >= 11 is 0. The fourth-order valence-corrected chi connectivity index (χ4v) is 4.78. The zero-order valence-electron chi connectivity index (χ0n) is 14.7. The van der Waals surface area contributed by atoms with Gasteiger partial charge in [-0.2, -0.15) is 0 Å². The van der Waals surface area contributed by atoms with E-state index in [1.54, 1.807) is 19.2 Å². The van der Waals surface area contributed by atoms with Crippen LogP contribution in [-0.2, 0) is 4.79 Å². The number of aromatic nitrogens is 1.